The summed E-state index contributed by atoms with van der Waals surface area (Å²) in [7, 11) is -0.658. The van der Waals surface area contributed by atoms with Gasteiger partial charge in [-0.05, 0) is 37.9 Å². The lowest BCUT2D eigenvalue weighted by Crippen LogP contribution is -2.27. The van der Waals surface area contributed by atoms with Crippen LogP contribution < -0.4 is 15.9 Å². The van der Waals surface area contributed by atoms with Gasteiger partial charge in [0, 0.05) is 21.0 Å². The summed E-state index contributed by atoms with van der Waals surface area (Å²) >= 11 is 1.85. The van der Waals surface area contributed by atoms with Crippen molar-refractivity contribution in [3.63, 3.8) is 0 Å². The Morgan fingerprint density at radius 1 is 0.885 bits per heavy atom. The third-order valence-electron chi connectivity index (χ3n) is 4.95. The number of ether oxygens (including phenoxy) is 1. The zero-order valence-electron chi connectivity index (χ0n) is 15.1. The summed E-state index contributed by atoms with van der Waals surface area (Å²) in [6.45, 7) is 5.45. The average molecular weight is 382 g/mol. The third kappa shape index (κ3) is 3.25. The smallest absolute Gasteiger partial charge is 0.0864 e. The van der Waals surface area contributed by atoms with E-state index in [0.717, 1.165) is 0 Å². The summed E-state index contributed by atoms with van der Waals surface area (Å²) in [4.78, 5) is 2.67. The van der Waals surface area contributed by atoms with Crippen LogP contribution in [0.2, 0.25) is 0 Å². The summed E-state index contributed by atoms with van der Waals surface area (Å²) in [5.41, 5.74) is 1.32. The summed E-state index contributed by atoms with van der Waals surface area (Å²) in [5.74, 6) is 0.0763. The molecule has 3 aromatic rings. The van der Waals surface area contributed by atoms with Crippen LogP contribution in [0.3, 0.4) is 0 Å². The van der Waals surface area contributed by atoms with Crippen molar-refractivity contribution in [3.05, 3.63) is 76.0 Å². The molecule has 26 heavy (non-hydrogen) atoms. The molecule has 2 atom stereocenters. The maximum Gasteiger partial charge on any atom is 0.0864 e. The second kappa shape index (κ2) is 7.62. The molecule has 1 fully saturated rings. The van der Waals surface area contributed by atoms with Crippen LogP contribution in [-0.2, 0) is 4.74 Å². The molecule has 0 unspecified atom stereocenters. The third-order valence-corrected chi connectivity index (χ3v) is 8.79. The second-order valence-electron chi connectivity index (χ2n) is 6.69. The van der Waals surface area contributed by atoms with E-state index < -0.39 is 14.0 Å². The number of aliphatic hydroxyl groups excluding tert-OH is 1. The SMILES string of the molecule is Cc1sc(C)c(P(c2ccccc2)c2ccccc2)c1[C@H]1COC[C@@H]1O. The van der Waals surface area contributed by atoms with Gasteiger partial charge < -0.3 is 9.84 Å². The Morgan fingerprint density at radius 3 is 1.96 bits per heavy atom. The highest BCUT2D eigenvalue weighted by molar-refractivity contribution is 7.80. The summed E-state index contributed by atoms with van der Waals surface area (Å²) in [6.07, 6.45) is -0.412. The predicted molar refractivity (Wildman–Crippen MR) is 112 cm³/mol. The first-order valence-electron chi connectivity index (χ1n) is 8.92. The molecule has 0 amide bonds. The van der Waals surface area contributed by atoms with Gasteiger partial charge >= 0.3 is 0 Å². The highest BCUT2D eigenvalue weighted by Gasteiger charge is 2.35. The fourth-order valence-corrected chi connectivity index (χ4v) is 7.94. The normalized spacial score (nSPS) is 20.0. The van der Waals surface area contributed by atoms with Crippen LogP contribution in [0, 0.1) is 13.8 Å². The lowest BCUT2D eigenvalue weighted by molar-refractivity contribution is 0.124. The molecule has 1 aliphatic rings. The Morgan fingerprint density at radius 2 is 1.46 bits per heavy atom. The molecule has 2 nitrogen and oxygen atoms in total. The summed E-state index contributed by atoms with van der Waals surface area (Å²) in [5, 5.41) is 14.6. The topological polar surface area (TPSA) is 29.5 Å². The van der Waals surface area contributed by atoms with E-state index >= 15 is 0 Å². The monoisotopic (exact) mass is 382 g/mol. The Bertz CT molecular complexity index is 836. The number of rotatable bonds is 4. The molecule has 2 heterocycles. The molecule has 4 rings (SSSR count). The molecule has 1 aliphatic heterocycles. The first-order valence-corrected chi connectivity index (χ1v) is 11.1. The fourth-order valence-electron chi connectivity index (χ4n) is 3.78. The quantitative estimate of drug-likeness (QED) is 0.699. The summed E-state index contributed by atoms with van der Waals surface area (Å²) in [6, 6.07) is 21.6. The van der Waals surface area contributed by atoms with E-state index in [0.29, 0.717) is 13.2 Å². The van der Waals surface area contributed by atoms with Crippen LogP contribution in [-0.4, -0.2) is 24.4 Å². The van der Waals surface area contributed by atoms with Crippen molar-refractivity contribution >= 4 is 35.2 Å². The van der Waals surface area contributed by atoms with Gasteiger partial charge in [0.05, 0.1) is 19.3 Å². The van der Waals surface area contributed by atoms with Gasteiger partial charge in [0.25, 0.3) is 0 Å². The second-order valence-corrected chi connectivity index (χ2v) is 10.3. The van der Waals surface area contributed by atoms with E-state index in [4.69, 9.17) is 4.74 Å². The first-order chi connectivity index (χ1) is 12.7. The largest absolute Gasteiger partial charge is 0.390 e. The molecule has 0 aliphatic carbocycles. The summed E-state index contributed by atoms with van der Waals surface area (Å²) < 4.78 is 5.60. The van der Waals surface area contributed by atoms with Crippen molar-refractivity contribution in [3.8, 4) is 0 Å². The van der Waals surface area contributed by atoms with Crippen LogP contribution in [0.15, 0.2) is 60.7 Å². The van der Waals surface area contributed by atoms with Crippen LogP contribution in [0.1, 0.15) is 21.2 Å². The van der Waals surface area contributed by atoms with Crippen LogP contribution >= 0.6 is 19.3 Å². The number of hydrogen-bond acceptors (Lipinski definition) is 3. The van der Waals surface area contributed by atoms with Crippen LogP contribution in [0.4, 0.5) is 0 Å². The van der Waals surface area contributed by atoms with Crippen LogP contribution in [0.25, 0.3) is 0 Å². The van der Waals surface area contributed by atoms with E-state index in [2.05, 4.69) is 74.5 Å². The van der Waals surface area contributed by atoms with Gasteiger partial charge in [0.1, 0.15) is 0 Å². The van der Waals surface area contributed by atoms with Gasteiger partial charge in [-0.1, -0.05) is 60.7 Å². The molecule has 1 N–H and O–H groups in total. The highest BCUT2D eigenvalue weighted by Crippen LogP contribution is 2.43. The minimum atomic E-state index is -0.658. The molecule has 134 valence electrons. The molecule has 1 saturated heterocycles. The zero-order chi connectivity index (χ0) is 18.1. The molecule has 1 aromatic heterocycles. The Kier molecular flexibility index (Phi) is 5.24. The molecule has 0 bridgehead atoms. The van der Waals surface area contributed by atoms with Gasteiger partial charge in [-0.2, -0.15) is 0 Å². The van der Waals surface area contributed by atoms with Gasteiger partial charge in [-0.25, -0.2) is 0 Å². The van der Waals surface area contributed by atoms with Crippen molar-refractivity contribution in [2.45, 2.75) is 25.9 Å². The highest BCUT2D eigenvalue weighted by atomic mass is 32.1. The lowest BCUT2D eigenvalue weighted by Gasteiger charge is -2.24. The first kappa shape index (κ1) is 17.9. The predicted octanol–water partition coefficient (Wildman–Crippen LogP) is 3.60. The molecular weight excluding hydrogens is 359 g/mol. The molecule has 0 radical (unpaired) electrons. The zero-order valence-corrected chi connectivity index (χ0v) is 16.8. The van der Waals surface area contributed by atoms with Gasteiger partial charge in [0.15, 0.2) is 0 Å². The minimum Gasteiger partial charge on any atom is -0.390 e. The minimum absolute atomic E-state index is 0.0763. The van der Waals surface area contributed by atoms with E-state index in [1.165, 1.54) is 31.2 Å². The number of hydrogen-bond donors (Lipinski definition) is 1. The van der Waals surface area contributed by atoms with Crippen molar-refractivity contribution in [2.75, 3.05) is 13.2 Å². The molecule has 0 saturated carbocycles. The van der Waals surface area contributed by atoms with E-state index in [9.17, 15) is 5.11 Å². The Labute approximate surface area is 160 Å². The molecular formula is C22H23O2PS. The molecule has 0 spiro atoms. The van der Waals surface area contributed by atoms with Crippen LogP contribution in [0.5, 0.6) is 0 Å². The molecule has 4 heteroatoms. The van der Waals surface area contributed by atoms with Crippen molar-refractivity contribution < 1.29 is 9.84 Å². The number of aryl methyl sites for hydroxylation is 2. The van der Waals surface area contributed by atoms with E-state index in [1.807, 2.05) is 11.3 Å². The molecule has 2 aromatic carbocycles. The number of thiophene rings is 1. The van der Waals surface area contributed by atoms with E-state index in [1.54, 1.807) is 0 Å². The average Bonchev–Trinajstić information content (AvgIpc) is 3.20. The maximum absolute atomic E-state index is 10.5. The lowest BCUT2D eigenvalue weighted by atomic mass is 9.96. The van der Waals surface area contributed by atoms with Gasteiger partial charge in [-0.3, -0.25) is 0 Å². The van der Waals surface area contributed by atoms with E-state index in [-0.39, 0.29) is 5.92 Å². The standard InChI is InChI=1S/C22H23O2PS/c1-15-21(19-13-24-14-20(19)23)22(16(2)26-15)25(17-9-5-3-6-10-17)18-11-7-4-8-12-18/h3-12,19-20,23H,13-14H2,1-2H3/t19-,20-/m0/s1. The van der Waals surface area contributed by atoms with Crippen molar-refractivity contribution in [1.29, 1.82) is 0 Å². The van der Waals surface area contributed by atoms with Crippen molar-refractivity contribution in [2.24, 2.45) is 0 Å². The maximum atomic E-state index is 10.5. The van der Waals surface area contributed by atoms with Gasteiger partial charge in [0.2, 0.25) is 0 Å². The van der Waals surface area contributed by atoms with Crippen molar-refractivity contribution in [1.82, 2.24) is 0 Å². The Hall–Kier alpha value is -1.51. The number of benzene rings is 2. The van der Waals surface area contributed by atoms with Gasteiger partial charge in [-0.15, -0.1) is 11.3 Å². The fraction of sp³-hybridized carbons (Fsp3) is 0.273. The Balaban J connectivity index is 1.92. The number of aliphatic hydroxyl groups is 1.